The van der Waals surface area contributed by atoms with Crippen molar-refractivity contribution in [2.45, 2.75) is 57.0 Å². The molecule has 5 N–H and O–H groups in total. The van der Waals surface area contributed by atoms with E-state index in [9.17, 15) is 34.5 Å². The molecule has 1 saturated heterocycles. The molecule has 0 spiro atoms. The number of nitrogens with zero attached hydrogens (tertiary/aromatic N) is 2. The van der Waals surface area contributed by atoms with Crippen LogP contribution in [-0.2, 0) is 24.0 Å². The average Bonchev–Trinajstić information content (AvgIpc) is 3.43. The maximum atomic E-state index is 12.9. The third kappa shape index (κ3) is 6.15. The van der Waals surface area contributed by atoms with Gasteiger partial charge in [-0.1, -0.05) is 24.3 Å². The van der Waals surface area contributed by atoms with Crippen molar-refractivity contribution in [3.8, 4) is 11.5 Å². The number of rotatable bonds is 10. The summed E-state index contributed by atoms with van der Waals surface area (Å²) < 4.78 is 5.62. The Morgan fingerprint density at radius 2 is 1.70 bits per heavy atom. The highest BCUT2D eigenvalue weighted by atomic mass is 16.7. The van der Waals surface area contributed by atoms with Gasteiger partial charge in [0.05, 0.1) is 11.1 Å². The highest BCUT2D eigenvalue weighted by molar-refractivity contribution is 6.01. The number of carboxylic acid groups (broad SMARTS) is 1. The quantitative estimate of drug-likeness (QED) is 0.285. The van der Waals surface area contributed by atoms with Gasteiger partial charge in [0, 0.05) is 6.54 Å². The first-order valence-electron chi connectivity index (χ1n) is 12.7. The number of amides is 3. The highest BCUT2D eigenvalue weighted by Crippen LogP contribution is 2.24. The molecule has 212 valence electrons. The van der Waals surface area contributed by atoms with Crippen molar-refractivity contribution in [3.05, 3.63) is 59.7 Å². The lowest BCUT2D eigenvalue weighted by atomic mass is 10.1. The third-order valence-corrected chi connectivity index (χ3v) is 6.58. The molecule has 40 heavy (non-hydrogen) atoms. The summed E-state index contributed by atoms with van der Waals surface area (Å²) in [6.45, 7) is 3.23. The van der Waals surface area contributed by atoms with E-state index in [2.05, 4.69) is 15.6 Å². The molecule has 3 amide bonds. The molecule has 1 fully saturated rings. The van der Waals surface area contributed by atoms with Crippen molar-refractivity contribution in [2.24, 2.45) is 4.99 Å². The van der Waals surface area contributed by atoms with Crippen molar-refractivity contribution in [2.75, 3.05) is 6.54 Å². The lowest BCUT2D eigenvalue weighted by molar-refractivity contribution is -0.171. The number of phenolic OH excluding ortho intramolecular Hbond substituents is 2. The first-order valence-corrected chi connectivity index (χ1v) is 12.7. The Balaban J connectivity index is 1.31. The van der Waals surface area contributed by atoms with Gasteiger partial charge in [-0.15, -0.1) is 0 Å². The number of carbonyl (C=O) groups is 4. The molecule has 2 aliphatic heterocycles. The molecular weight excluding hydrogens is 524 g/mol. The van der Waals surface area contributed by atoms with Crippen LogP contribution in [0.3, 0.4) is 0 Å². The lowest BCUT2D eigenvalue weighted by Gasteiger charge is -2.19. The minimum absolute atomic E-state index is 0.0139. The van der Waals surface area contributed by atoms with E-state index in [0.717, 1.165) is 5.06 Å². The second-order valence-corrected chi connectivity index (χ2v) is 9.48. The fourth-order valence-corrected chi connectivity index (χ4v) is 4.41. The molecule has 5 atom stereocenters. The number of benzene rings is 2. The number of phenols is 2. The molecular formula is C27H30N4O9. The standard InChI is InChI=1S/C27H30N4O9/c1-14-21(30-25(39-14)17-9-4-6-12-20(17)33)24(35)28-18(27(37)38)10-7-13-31-26(36)22(15(2)40-31)29-23(34)16-8-3-5-11-19(16)32/h3-6,8-9,11-12,14-15,18,21-22,32-33H,7,10,13H2,1-2H3,(H,28,35)(H,29,34)(H,37,38)/t14-,15+,18-,21+,22+/m1/s1. The van der Waals surface area contributed by atoms with Crippen LogP contribution >= 0.6 is 0 Å². The molecule has 0 aliphatic carbocycles. The number of hydroxylamine groups is 2. The number of hydrogen-bond acceptors (Lipinski definition) is 9. The summed E-state index contributed by atoms with van der Waals surface area (Å²) in [5.74, 6) is -3.28. The predicted molar refractivity (Wildman–Crippen MR) is 139 cm³/mol. The largest absolute Gasteiger partial charge is 0.507 e. The summed E-state index contributed by atoms with van der Waals surface area (Å²) in [5.41, 5.74) is 0.332. The molecule has 13 heteroatoms. The van der Waals surface area contributed by atoms with Gasteiger partial charge in [-0.05, 0) is 51.0 Å². The molecule has 2 heterocycles. The van der Waals surface area contributed by atoms with Crippen LogP contribution in [0.4, 0.5) is 0 Å². The Hall–Kier alpha value is -4.65. The van der Waals surface area contributed by atoms with Gasteiger partial charge >= 0.3 is 5.97 Å². The smallest absolute Gasteiger partial charge is 0.326 e. The maximum Gasteiger partial charge on any atom is 0.326 e. The highest BCUT2D eigenvalue weighted by Gasteiger charge is 2.41. The van der Waals surface area contributed by atoms with Crippen molar-refractivity contribution in [1.82, 2.24) is 15.7 Å². The van der Waals surface area contributed by atoms with Gasteiger partial charge in [-0.25, -0.2) is 14.9 Å². The van der Waals surface area contributed by atoms with E-state index in [4.69, 9.17) is 9.57 Å². The van der Waals surface area contributed by atoms with Gasteiger partial charge in [-0.3, -0.25) is 19.2 Å². The van der Waals surface area contributed by atoms with E-state index in [-0.39, 0.29) is 42.3 Å². The van der Waals surface area contributed by atoms with Crippen LogP contribution in [0.2, 0.25) is 0 Å². The number of para-hydroxylation sites is 2. The topological polar surface area (TPSA) is 187 Å². The van der Waals surface area contributed by atoms with Crippen molar-refractivity contribution in [3.63, 3.8) is 0 Å². The first-order chi connectivity index (χ1) is 19.1. The summed E-state index contributed by atoms with van der Waals surface area (Å²) in [6, 6.07) is 8.99. The summed E-state index contributed by atoms with van der Waals surface area (Å²) in [5, 5.41) is 35.7. The van der Waals surface area contributed by atoms with Crippen LogP contribution in [0.15, 0.2) is 53.5 Å². The Morgan fingerprint density at radius 3 is 2.38 bits per heavy atom. The zero-order valence-corrected chi connectivity index (χ0v) is 21.8. The van der Waals surface area contributed by atoms with Gasteiger partial charge in [0.2, 0.25) is 11.8 Å². The van der Waals surface area contributed by atoms with Crippen LogP contribution in [0, 0.1) is 0 Å². The zero-order valence-electron chi connectivity index (χ0n) is 21.8. The summed E-state index contributed by atoms with van der Waals surface area (Å²) in [4.78, 5) is 59.8. The Morgan fingerprint density at radius 1 is 1.02 bits per heavy atom. The van der Waals surface area contributed by atoms with Crippen LogP contribution < -0.4 is 10.6 Å². The Bertz CT molecular complexity index is 1330. The number of nitrogens with one attached hydrogen (secondary N) is 2. The van der Waals surface area contributed by atoms with Crippen molar-refractivity contribution < 1.29 is 44.1 Å². The third-order valence-electron chi connectivity index (χ3n) is 6.58. The average molecular weight is 555 g/mol. The second-order valence-electron chi connectivity index (χ2n) is 9.48. The zero-order chi connectivity index (χ0) is 29.0. The number of ether oxygens (including phenoxy) is 1. The van der Waals surface area contributed by atoms with Crippen LogP contribution in [0.5, 0.6) is 11.5 Å². The van der Waals surface area contributed by atoms with E-state index in [1.807, 2.05) is 0 Å². The van der Waals surface area contributed by atoms with Gasteiger partial charge in [-0.2, -0.15) is 0 Å². The van der Waals surface area contributed by atoms with Crippen LogP contribution in [-0.4, -0.2) is 86.8 Å². The molecule has 2 aromatic rings. The fraction of sp³-hybridized carbons (Fsp3) is 0.370. The number of aliphatic imine (C=N–C) groups is 1. The summed E-state index contributed by atoms with van der Waals surface area (Å²) in [6.07, 6.45) is -1.24. The van der Waals surface area contributed by atoms with Gasteiger partial charge in [0.1, 0.15) is 35.8 Å². The molecule has 0 radical (unpaired) electrons. The number of carboxylic acids is 1. The van der Waals surface area contributed by atoms with E-state index in [1.165, 1.54) is 18.2 Å². The Kier molecular flexibility index (Phi) is 8.53. The molecule has 2 aliphatic rings. The fourth-order valence-electron chi connectivity index (χ4n) is 4.41. The van der Waals surface area contributed by atoms with E-state index in [1.54, 1.807) is 44.2 Å². The molecule has 0 bridgehead atoms. The van der Waals surface area contributed by atoms with E-state index >= 15 is 0 Å². The van der Waals surface area contributed by atoms with Gasteiger partial charge in [0.25, 0.3) is 11.8 Å². The molecule has 2 aromatic carbocycles. The predicted octanol–water partition coefficient (Wildman–Crippen LogP) is 0.942. The minimum atomic E-state index is -1.27. The summed E-state index contributed by atoms with van der Waals surface area (Å²) in [7, 11) is 0. The minimum Gasteiger partial charge on any atom is -0.507 e. The van der Waals surface area contributed by atoms with Crippen LogP contribution in [0.25, 0.3) is 0 Å². The first kappa shape index (κ1) is 28.4. The normalized spacial score (nSPS) is 22.8. The van der Waals surface area contributed by atoms with Gasteiger partial charge < -0.3 is 30.7 Å². The van der Waals surface area contributed by atoms with Crippen LogP contribution in [0.1, 0.15) is 42.6 Å². The van der Waals surface area contributed by atoms with Gasteiger partial charge in [0.15, 0.2) is 6.04 Å². The van der Waals surface area contributed by atoms with E-state index < -0.39 is 54.0 Å². The SMILES string of the molecule is C[C@@H]1ON(CCC[C@@H](NC(=O)[C@H]2N=C(c3ccccc3O)O[C@@H]2C)C(=O)O)C(=O)[C@H]1NC(=O)c1ccccc1O. The number of aromatic hydroxyl groups is 2. The maximum absolute atomic E-state index is 12.9. The number of hydrogen-bond donors (Lipinski definition) is 5. The summed E-state index contributed by atoms with van der Waals surface area (Å²) >= 11 is 0. The molecule has 4 rings (SSSR count). The number of aliphatic carboxylic acids is 1. The second kappa shape index (κ2) is 12.0. The molecule has 0 aromatic heterocycles. The monoisotopic (exact) mass is 554 g/mol. The van der Waals surface area contributed by atoms with Crippen molar-refractivity contribution in [1.29, 1.82) is 0 Å². The number of carbonyl (C=O) groups excluding carboxylic acids is 3. The van der Waals surface area contributed by atoms with E-state index in [0.29, 0.717) is 5.56 Å². The van der Waals surface area contributed by atoms with Crippen molar-refractivity contribution >= 4 is 29.6 Å². The molecule has 0 saturated carbocycles. The molecule has 0 unspecified atom stereocenters. The molecule has 13 nitrogen and oxygen atoms in total. The Labute approximate surface area is 229 Å². The lowest BCUT2D eigenvalue weighted by Crippen LogP contribution is -2.47.